The van der Waals surface area contributed by atoms with Crippen molar-refractivity contribution in [3.63, 3.8) is 0 Å². The lowest BCUT2D eigenvalue weighted by atomic mass is 10.0. The first kappa shape index (κ1) is 18.2. The van der Waals surface area contributed by atoms with Gasteiger partial charge in [-0.1, -0.05) is 72.3 Å². The van der Waals surface area contributed by atoms with Crippen LogP contribution in [0, 0.1) is 0 Å². The van der Waals surface area contributed by atoms with Crippen LogP contribution in [-0.2, 0) is 0 Å². The summed E-state index contributed by atoms with van der Waals surface area (Å²) in [6, 6.07) is 26.8. The third-order valence-electron chi connectivity index (χ3n) is 4.75. The highest BCUT2D eigenvalue weighted by molar-refractivity contribution is 6.30. The van der Waals surface area contributed by atoms with Crippen molar-refractivity contribution in [2.75, 3.05) is 0 Å². The second-order valence-corrected chi connectivity index (χ2v) is 7.12. The molecule has 4 heteroatoms. The monoisotopic (exact) mass is 386 g/mol. The number of aromatic nitrogens is 1. The van der Waals surface area contributed by atoms with Crippen LogP contribution >= 0.6 is 11.6 Å². The molecule has 138 valence electrons. The Balaban J connectivity index is 1.72. The molecule has 0 radical (unpaired) electrons. The molecule has 0 aliphatic carbocycles. The van der Waals surface area contributed by atoms with Gasteiger partial charge in [-0.25, -0.2) is 4.98 Å². The van der Waals surface area contributed by atoms with Crippen molar-refractivity contribution in [3.05, 3.63) is 101 Å². The first-order valence-electron chi connectivity index (χ1n) is 9.13. The van der Waals surface area contributed by atoms with E-state index in [1.165, 1.54) is 0 Å². The van der Waals surface area contributed by atoms with Crippen molar-refractivity contribution >= 4 is 28.4 Å². The summed E-state index contributed by atoms with van der Waals surface area (Å²) in [7, 11) is 0. The topological polar surface area (TPSA) is 42.0 Å². The van der Waals surface area contributed by atoms with Crippen LogP contribution in [0.2, 0.25) is 5.02 Å². The molecule has 1 amide bonds. The zero-order valence-corrected chi connectivity index (χ0v) is 16.1. The molecular formula is C24H19ClN2O. The lowest BCUT2D eigenvalue weighted by Crippen LogP contribution is -2.27. The molecule has 0 bridgehead atoms. The maximum atomic E-state index is 13.1. The van der Waals surface area contributed by atoms with Crippen LogP contribution in [0.1, 0.15) is 28.9 Å². The number of fused-ring (bicyclic) bond motifs is 1. The van der Waals surface area contributed by atoms with E-state index >= 15 is 0 Å². The number of pyridine rings is 1. The van der Waals surface area contributed by atoms with Crippen molar-refractivity contribution in [1.82, 2.24) is 10.3 Å². The Morgan fingerprint density at radius 1 is 0.929 bits per heavy atom. The van der Waals surface area contributed by atoms with Crippen molar-refractivity contribution in [2.24, 2.45) is 0 Å². The van der Waals surface area contributed by atoms with E-state index in [9.17, 15) is 4.79 Å². The first-order valence-corrected chi connectivity index (χ1v) is 9.51. The lowest BCUT2D eigenvalue weighted by molar-refractivity contribution is 0.0941. The smallest absolute Gasteiger partial charge is 0.252 e. The van der Waals surface area contributed by atoms with Crippen LogP contribution in [0.15, 0.2) is 84.9 Å². The lowest BCUT2D eigenvalue weighted by Gasteiger charge is -2.16. The molecule has 0 saturated heterocycles. The molecule has 4 rings (SSSR count). The highest BCUT2D eigenvalue weighted by Crippen LogP contribution is 2.25. The number of amides is 1. The Labute approximate surface area is 169 Å². The zero-order valence-electron chi connectivity index (χ0n) is 15.4. The van der Waals surface area contributed by atoms with Crippen LogP contribution in [0.25, 0.3) is 22.2 Å². The van der Waals surface area contributed by atoms with Crippen LogP contribution in [-0.4, -0.2) is 10.9 Å². The van der Waals surface area contributed by atoms with E-state index in [1.807, 2.05) is 91.9 Å². The van der Waals surface area contributed by atoms with Gasteiger partial charge in [0.2, 0.25) is 0 Å². The molecule has 0 spiro atoms. The number of halogens is 1. The molecule has 0 aliphatic heterocycles. The van der Waals surface area contributed by atoms with Crippen LogP contribution in [0.4, 0.5) is 0 Å². The molecule has 0 fully saturated rings. The molecule has 1 heterocycles. The van der Waals surface area contributed by atoms with Crippen LogP contribution in [0.3, 0.4) is 0 Å². The van der Waals surface area contributed by atoms with E-state index in [2.05, 4.69) is 5.32 Å². The fraction of sp³-hybridized carbons (Fsp3) is 0.0833. The fourth-order valence-corrected chi connectivity index (χ4v) is 3.36. The third kappa shape index (κ3) is 3.75. The van der Waals surface area contributed by atoms with Crippen molar-refractivity contribution in [1.29, 1.82) is 0 Å². The maximum absolute atomic E-state index is 13.1. The van der Waals surface area contributed by atoms with Crippen LogP contribution < -0.4 is 5.32 Å². The second kappa shape index (κ2) is 7.83. The molecule has 1 aromatic heterocycles. The van der Waals surface area contributed by atoms with E-state index in [0.29, 0.717) is 10.6 Å². The van der Waals surface area contributed by atoms with Crippen molar-refractivity contribution < 1.29 is 4.79 Å². The SMILES string of the molecule is C[C@@H](NC(=O)c1cc(-c2ccccc2)nc2ccccc12)c1ccc(Cl)cc1. The van der Waals surface area contributed by atoms with Gasteiger partial charge < -0.3 is 5.32 Å². The van der Waals surface area contributed by atoms with Crippen LogP contribution in [0.5, 0.6) is 0 Å². The second-order valence-electron chi connectivity index (χ2n) is 6.68. The van der Waals surface area contributed by atoms with E-state index in [-0.39, 0.29) is 11.9 Å². The van der Waals surface area contributed by atoms with Gasteiger partial charge >= 0.3 is 0 Å². The minimum Gasteiger partial charge on any atom is -0.345 e. The fourth-order valence-electron chi connectivity index (χ4n) is 3.23. The summed E-state index contributed by atoms with van der Waals surface area (Å²) in [5.74, 6) is -0.127. The molecule has 3 aromatic carbocycles. The standard InChI is InChI=1S/C24H19ClN2O/c1-16(17-11-13-19(25)14-12-17)26-24(28)21-15-23(18-7-3-2-4-8-18)27-22-10-6-5-9-20(21)22/h2-16H,1H3,(H,26,28)/t16-/m1/s1. The van der Waals surface area contributed by atoms with Gasteiger partial charge in [0.15, 0.2) is 0 Å². The maximum Gasteiger partial charge on any atom is 0.252 e. The summed E-state index contributed by atoms with van der Waals surface area (Å²) in [4.78, 5) is 17.9. The molecule has 0 unspecified atom stereocenters. The number of para-hydroxylation sites is 1. The Bertz CT molecular complexity index is 1120. The predicted octanol–water partition coefficient (Wildman–Crippen LogP) is 6.05. The molecule has 0 saturated carbocycles. The molecular weight excluding hydrogens is 368 g/mol. The number of rotatable bonds is 4. The normalized spacial score (nSPS) is 11.9. The number of benzene rings is 3. The number of carbonyl (C=O) groups is 1. The van der Waals surface area contributed by atoms with Gasteiger partial charge in [0.1, 0.15) is 0 Å². The third-order valence-corrected chi connectivity index (χ3v) is 5.00. The van der Waals surface area contributed by atoms with Gasteiger partial charge in [0.25, 0.3) is 5.91 Å². The number of nitrogens with one attached hydrogen (secondary N) is 1. The van der Waals surface area contributed by atoms with E-state index < -0.39 is 0 Å². The summed E-state index contributed by atoms with van der Waals surface area (Å²) in [6.45, 7) is 1.96. The molecule has 3 nitrogen and oxygen atoms in total. The average Bonchev–Trinajstić information content (AvgIpc) is 2.74. The minimum atomic E-state index is -0.142. The summed E-state index contributed by atoms with van der Waals surface area (Å²) < 4.78 is 0. The summed E-state index contributed by atoms with van der Waals surface area (Å²) in [5, 5.41) is 4.60. The number of hydrogen-bond acceptors (Lipinski definition) is 2. The van der Waals surface area contributed by atoms with Gasteiger partial charge in [-0.15, -0.1) is 0 Å². The van der Waals surface area contributed by atoms with Gasteiger partial charge in [0, 0.05) is 16.0 Å². The largest absolute Gasteiger partial charge is 0.345 e. The first-order chi connectivity index (χ1) is 13.6. The molecule has 1 N–H and O–H groups in total. The summed E-state index contributed by atoms with van der Waals surface area (Å²) in [6.07, 6.45) is 0. The van der Waals surface area contributed by atoms with Gasteiger partial charge in [0.05, 0.1) is 22.8 Å². The summed E-state index contributed by atoms with van der Waals surface area (Å²) in [5.41, 5.74) is 4.18. The minimum absolute atomic E-state index is 0.127. The predicted molar refractivity (Wildman–Crippen MR) is 115 cm³/mol. The Kier molecular flexibility index (Phi) is 5.09. The van der Waals surface area contributed by atoms with Gasteiger partial charge in [-0.05, 0) is 36.8 Å². The van der Waals surface area contributed by atoms with Crippen molar-refractivity contribution in [3.8, 4) is 11.3 Å². The average molecular weight is 387 g/mol. The van der Waals surface area contributed by atoms with E-state index in [1.54, 1.807) is 0 Å². The van der Waals surface area contributed by atoms with E-state index in [4.69, 9.17) is 16.6 Å². The number of nitrogens with zero attached hydrogens (tertiary/aromatic N) is 1. The number of hydrogen-bond donors (Lipinski definition) is 1. The van der Waals surface area contributed by atoms with Gasteiger partial charge in [-0.3, -0.25) is 4.79 Å². The van der Waals surface area contributed by atoms with Gasteiger partial charge in [-0.2, -0.15) is 0 Å². The molecule has 28 heavy (non-hydrogen) atoms. The molecule has 0 aliphatic rings. The number of carbonyl (C=O) groups excluding carboxylic acids is 1. The highest BCUT2D eigenvalue weighted by atomic mass is 35.5. The Hall–Kier alpha value is -3.17. The van der Waals surface area contributed by atoms with E-state index in [0.717, 1.165) is 27.7 Å². The Morgan fingerprint density at radius 2 is 1.61 bits per heavy atom. The summed E-state index contributed by atoms with van der Waals surface area (Å²) >= 11 is 5.96. The highest BCUT2D eigenvalue weighted by Gasteiger charge is 2.16. The zero-order chi connectivity index (χ0) is 19.5. The van der Waals surface area contributed by atoms with Crippen molar-refractivity contribution in [2.45, 2.75) is 13.0 Å². The molecule has 1 atom stereocenters. The molecule has 4 aromatic rings. The Morgan fingerprint density at radius 3 is 2.36 bits per heavy atom. The quantitative estimate of drug-likeness (QED) is 0.464.